The molecule has 0 aliphatic carbocycles. The fourth-order valence-electron chi connectivity index (χ4n) is 2.15. The van der Waals surface area contributed by atoms with E-state index in [9.17, 15) is 0 Å². The number of fused-ring (bicyclic) bond motifs is 1. The molecule has 4 heteroatoms. The number of benzene rings is 1. The van der Waals surface area contributed by atoms with Crippen molar-refractivity contribution in [3.05, 3.63) is 54.0 Å². The van der Waals surface area contributed by atoms with Gasteiger partial charge in [-0.05, 0) is 38.1 Å². The molecule has 2 heterocycles. The highest BCUT2D eigenvalue weighted by atomic mass is 35.5. The van der Waals surface area contributed by atoms with Crippen molar-refractivity contribution in [2.24, 2.45) is 0 Å². The molecule has 96 valence electrons. The molecule has 0 saturated heterocycles. The molecule has 0 bridgehead atoms. The number of rotatable bonds is 2. The topological polar surface area (TPSA) is 30.7 Å². The maximum Gasteiger partial charge on any atom is 0.164 e. The highest BCUT2D eigenvalue weighted by Gasteiger charge is 2.16. The molecular weight excluding hydrogens is 258 g/mol. The summed E-state index contributed by atoms with van der Waals surface area (Å²) in [5, 5.41) is -0.171. The first-order valence-electron chi connectivity index (χ1n) is 6.21. The third-order valence-electron chi connectivity index (χ3n) is 3.09. The summed E-state index contributed by atoms with van der Waals surface area (Å²) >= 11 is 6.25. The van der Waals surface area contributed by atoms with Crippen LogP contribution in [-0.4, -0.2) is 14.5 Å². The summed E-state index contributed by atoms with van der Waals surface area (Å²) in [7, 11) is 0. The molecule has 3 nitrogen and oxygen atoms in total. The number of aromatic nitrogens is 3. The number of alkyl halides is 1. The molecule has 1 atom stereocenters. The predicted octanol–water partition coefficient (Wildman–Crippen LogP) is 4.03. The number of aryl methyl sites for hydroxylation is 1. The lowest BCUT2D eigenvalue weighted by molar-refractivity contribution is 0.876. The summed E-state index contributed by atoms with van der Waals surface area (Å²) in [6.45, 7) is 3.99. The Morgan fingerprint density at radius 1 is 1.16 bits per heavy atom. The quantitative estimate of drug-likeness (QED) is 0.659. The van der Waals surface area contributed by atoms with Gasteiger partial charge in [0, 0.05) is 11.9 Å². The zero-order valence-electron chi connectivity index (χ0n) is 10.8. The molecule has 1 unspecified atom stereocenters. The maximum atomic E-state index is 6.25. The molecule has 0 spiro atoms. The van der Waals surface area contributed by atoms with Crippen LogP contribution in [0.1, 0.15) is 23.7 Å². The number of halogens is 1. The molecule has 0 radical (unpaired) electrons. The van der Waals surface area contributed by atoms with E-state index in [0.29, 0.717) is 0 Å². The summed E-state index contributed by atoms with van der Waals surface area (Å²) in [4.78, 5) is 9.00. The van der Waals surface area contributed by atoms with Crippen LogP contribution in [0.2, 0.25) is 0 Å². The van der Waals surface area contributed by atoms with Crippen LogP contribution in [0.4, 0.5) is 0 Å². The van der Waals surface area contributed by atoms with Crippen LogP contribution in [0, 0.1) is 6.92 Å². The highest BCUT2D eigenvalue weighted by Crippen LogP contribution is 2.26. The number of pyridine rings is 1. The van der Waals surface area contributed by atoms with Gasteiger partial charge in [0.15, 0.2) is 5.65 Å². The van der Waals surface area contributed by atoms with E-state index in [1.807, 2.05) is 23.6 Å². The lowest BCUT2D eigenvalue weighted by Crippen LogP contribution is -2.02. The van der Waals surface area contributed by atoms with Gasteiger partial charge in [-0.15, -0.1) is 11.6 Å². The largest absolute Gasteiger partial charge is 0.279 e. The molecule has 0 aliphatic heterocycles. The van der Waals surface area contributed by atoms with Crippen molar-refractivity contribution in [1.82, 2.24) is 14.5 Å². The van der Waals surface area contributed by atoms with Gasteiger partial charge < -0.3 is 0 Å². The van der Waals surface area contributed by atoms with E-state index < -0.39 is 0 Å². The van der Waals surface area contributed by atoms with Crippen molar-refractivity contribution in [1.29, 1.82) is 0 Å². The Labute approximate surface area is 116 Å². The average Bonchev–Trinajstić information content (AvgIpc) is 2.79. The maximum absolute atomic E-state index is 6.25. The van der Waals surface area contributed by atoms with Crippen molar-refractivity contribution >= 4 is 22.8 Å². The summed E-state index contributed by atoms with van der Waals surface area (Å²) in [6.07, 6.45) is 1.78. The van der Waals surface area contributed by atoms with Crippen LogP contribution in [0.25, 0.3) is 16.9 Å². The van der Waals surface area contributed by atoms with E-state index in [4.69, 9.17) is 11.6 Å². The van der Waals surface area contributed by atoms with Gasteiger partial charge in [-0.2, -0.15) is 0 Å². The number of hydrogen-bond acceptors (Lipinski definition) is 2. The standard InChI is InChI=1S/C15H14ClN3/c1-10-5-7-12(8-6-10)19-14(11(2)16)18-13-4-3-9-17-15(13)19/h3-9,11H,1-2H3. The van der Waals surface area contributed by atoms with Crippen molar-refractivity contribution in [3.63, 3.8) is 0 Å². The van der Waals surface area contributed by atoms with Crippen LogP contribution in [-0.2, 0) is 0 Å². The summed E-state index contributed by atoms with van der Waals surface area (Å²) in [5.41, 5.74) is 3.97. The Balaban J connectivity index is 2.31. The zero-order chi connectivity index (χ0) is 13.4. The van der Waals surface area contributed by atoms with E-state index >= 15 is 0 Å². The fraction of sp³-hybridized carbons (Fsp3) is 0.200. The minimum atomic E-state index is -0.171. The summed E-state index contributed by atoms with van der Waals surface area (Å²) in [5.74, 6) is 0.819. The Kier molecular flexibility index (Phi) is 2.99. The normalized spacial score (nSPS) is 12.8. The lowest BCUT2D eigenvalue weighted by atomic mass is 10.2. The Morgan fingerprint density at radius 2 is 1.89 bits per heavy atom. The van der Waals surface area contributed by atoms with Crippen LogP contribution in [0.3, 0.4) is 0 Å². The third kappa shape index (κ3) is 2.10. The highest BCUT2D eigenvalue weighted by molar-refractivity contribution is 6.20. The minimum Gasteiger partial charge on any atom is -0.279 e. The first kappa shape index (κ1) is 12.2. The van der Waals surface area contributed by atoms with Gasteiger partial charge in [-0.25, -0.2) is 9.97 Å². The van der Waals surface area contributed by atoms with Gasteiger partial charge in [-0.3, -0.25) is 4.57 Å². The molecular formula is C15H14ClN3. The smallest absolute Gasteiger partial charge is 0.164 e. The van der Waals surface area contributed by atoms with E-state index in [2.05, 4.69) is 41.2 Å². The first-order valence-corrected chi connectivity index (χ1v) is 6.65. The second kappa shape index (κ2) is 4.67. The van der Waals surface area contributed by atoms with Crippen molar-refractivity contribution in [2.45, 2.75) is 19.2 Å². The Bertz CT molecular complexity index is 714. The van der Waals surface area contributed by atoms with Crippen molar-refractivity contribution in [3.8, 4) is 5.69 Å². The van der Waals surface area contributed by atoms with Gasteiger partial charge >= 0.3 is 0 Å². The molecule has 0 N–H and O–H groups in total. The van der Waals surface area contributed by atoms with Gasteiger partial charge in [0.2, 0.25) is 0 Å². The summed E-state index contributed by atoms with van der Waals surface area (Å²) in [6, 6.07) is 12.1. The van der Waals surface area contributed by atoms with Gasteiger partial charge in [-0.1, -0.05) is 17.7 Å². The lowest BCUT2D eigenvalue weighted by Gasteiger charge is -2.10. The van der Waals surface area contributed by atoms with Crippen LogP contribution < -0.4 is 0 Å². The number of imidazole rings is 1. The Hall–Kier alpha value is -1.87. The van der Waals surface area contributed by atoms with E-state index in [1.165, 1.54) is 5.56 Å². The molecule has 3 aromatic rings. The third-order valence-corrected chi connectivity index (χ3v) is 3.29. The van der Waals surface area contributed by atoms with Gasteiger partial charge in [0.25, 0.3) is 0 Å². The molecule has 0 amide bonds. The second-order valence-corrected chi connectivity index (χ2v) is 5.26. The van der Waals surface area contributed by atoms with Crippen LogP contribution in [0.5, 0.6) is 0 Å². The van der Waals surface area contributed by atoms with Crippen LogP contribution in [0.15, 0.2) is 42.6 Å². The molecule has 0 aliphatic rings. The second-order valence-electron chi connectivity index (χ2n) is 4.60. The molecule has 0 saturated carbocycles. The number of nitrogens with zero attached hydrogens (tertiary/aromatic N) is 3. The molecule has 19 heavy (non-hydrogen) atoms. The molecule has 0 fully saturated rings. The fourth-order valence-corrected chi connectivity index (χ4v) is 2.29. The van der Waals surface area contributed by atoms with E-state index in [0.717, 1.165) is 22.7 Å². The monoisotopic (exact) mass is 271 g/mol. The molecule has 2 aromatic heterocycles. The SMILES string of the molecule is Cc1ccc(-n2c(C(C)Cl)nc3cccnc32)cc1. The van der Waals surface area contributed by atoms with Crippen LogP contribution >= 0.6 is 11.6 Å². The van der Waals surface area contributed by atoms with E-state index in [1.54, 1.807) is 6.20 Å². The minimum absolute atomic E-state index is 0.171. The first-order chi connectivity index (χ1) is 9.16. The van der Waals surface area contributed by atoms with Crippen molar-refractivity contribution < 1.29 is 0 Å². The van der Waals surface area contributed by atoms with Crippen molar-refractivity contribution in [2.75, 3.05) is 0 Å². The molecule has 1 aromatic carbocycles. The zero-order valence-corrected chi connectivity index (χ0v) is 11.6. The Morgan fingerprint density at radius 3 is 2.58 bits per heavy atom. The van der Waals surface area contributed by atoms with E-state index in [-0.39, 0.29) is 5.38 Å². The summed E-state index contributed by atoms with van der Waals surface area (Å²) < 4.78 is 2.02. The van der Waals surface area contributed by atoms with Gasteiger partial charge in [0.1, 0.15) is 11.3 Å². The van der Waals surface area contributed by atoms with Gasteiger partial charge in [0.05, 0.1) is 5.38 Å². The molecule has 3 rings (SSSR count). The average molecular weight is 272 g/mol. The predicted molar refractivity (Wildman–Crippen MR) is 77.9 cm³/mol. The number of hydrogen-bond donors (Lipinski definition) is 0.